The number of unbranched alkanes of at least 4 members (excludes halogenated alkanes) is 1. The lowest BCUT2D eigenvalue weighted by Crippen LogP contribution is -1.99. The molecule has 0 spiro atoms. The van der Waals surface area contributed by atoms with Crippen molar-refractivity contribution in [3.63, 3.8) is 0 Å². The number of hydrogen-bond donors (Lipinski definition) is 2. The molecule has 0 fully saturated rings. The van der Waals surface area contributed by atoms with Gasteiger partial charge in [0.2, 0.25) is 0 Å². The number of pyridine rings is 1. The number of methoxy groups -OCH3 is 1. The first kappa shape index (κ1) is 18.5. The number of para-hydroxylation sites is 1. The maximum absolute atomic E-state index is 5.74. The molecule has 0 atom stereocenters. The van der Waals surface area contributed by atoms with E-state index in [0.29, 0.717) is 0 Å². The average molecular weight is 374 g/mol. The summed E-state index contributed by atoms with van der Waals surface area (Å²) in [6.45, 7) is 5.05. The molecule has 28 heavy (non-hydrogen) atoms. The molecule has 4 rings (SSSR count). The fourth-order valence-corrected chi connectivity index (χ4v) is 3.93. The van der Waals surface area contributed by atoms with Crippen LogP contribution in [-0.4, -0.2) is 23.6 Å². The summed E-state index contributed by atoms with van der Waals surface area (Å²) in [6.07, 6.45) is 3.06. The number of aryl methyl sites for hydroxylation is 3. The predicted octanol–water partition coefficient (Wildman–Crippen LogP) is 5.29. The standard InChI is InChI=1S/C24H27N3O/c1-15-11-12-18-17(8-6-7-13-25)24(27-23(18)16(15)2)21-14-22(28-3)19-9-4-5-10-20(19)26-21/h4-5,9-12,14,27H,6-8,13,25H2,1-3H3. The highest BCUT2D eigenvalue weighted by molar-refractivity contribution is 5.95. The van der Waals surface area contributed by atoms with Gasteiger partial charge in [0.15, 0.2) is 0 Å². The van der Waals surface area contributed by atoms with Gasteiger partial charge in [-0.3, -0.25) is 0 Å². The number of aromatic amines is 1. The van der Waals surface area contributed by atoms with E-state index in [1.807, 2.05) is 30.3 Å². The molecular weight excluding hydrogens is 346 g/mol. The van der Waals surface area contributed by atoms with Gasteiger partial charge < -0.3 is 15.5 Å². The Morgan fingerprint density at radius 1 is 1.04 bits per heavy atom. The van der Waals surface area contributed by atoms with Gasteiger partial charge in [0.1, 0.15) is 5.75 Å². The van der Waals surface area contributed by atoms with Crippen LogP contribution in [0.1, 0.15) is 29.5 Å². The van der Waals surface area contributed by atoms with Crippen LogP contribution in [0.2, 0.25) is 0 Å². The fourth-order valence-electron chi connectivity index (χ4n) is 3.93. The second-order valence-electron chi connectivity index (χ2n) is 7.38. The minimum Gasteiger partial charge on any atom is -0.496 e. The van der Waals surface area contributed by atoms with E-state index in [1.54, 1.807) is 7.11 Å². The molecule has 0 radical (unpaired) electrons. The largest absolute Gasteiger partial charge is 0.496 e. The maximum atomic E-state index is 5.74. The highest BCUT2D eigenvalue weighted by atomic mass is 16.5. The smallest absolute Gasteiger partial charge is 0.130 e. The highest BCUT2D eigenvalue weighted by Crippen LogP contribution is 2.36. The first-order valence-corrected chi connectivity index (χ1v) is 9.89. The van der Waals surface area contributed by atoms with Crippen molar-refractivity contribution in [2.45, 2.75) is 33.1 Å². The molecule has 4 nitrogen and oxygen atoms in total. The Balaban J connectivity index is 1.95. The van der Waals surface area contributed by atoms with Crippen LogP contribution < -0.4 is 10.5 Å². The van der Waals surface area contributed by atoms with E-state index in [2.05, 4.69) is 31.0 Å². The third-order valence-electron chi connectivity index (χ3n) is 5.65. The van der Waals surface area contributed by atoms with Gasteiger partial charge in [-0.25, -0.2) is 4.98 Å². The van der Waals surface area contributed by atoms with Crippen molar-refractivity contribution in [2.75, 3.05) is 13.7 Å². The summed E-state index contributed by atoms with van der Waals surface area (Å²) in [7, 11) is 1.71. The van der Waals surface area contributed by atoms with E-state index in [0.717, 1.165) is 53.8 Å². The van der Waals surface area contributed by atoms with E-state index in [9.17, 15) is 0 Å². The Bertz CT molecular complexity index is 1140. The maximum Gasteiger partial charge on any atom is 0.130 e. The first-order valence-electron chi connectivity index (χ1n) is 9.89. The third kappa shape index (κ3) is 3.14. The zero-order chi connectivity index (χ0) is 19.7. The van der Waals surface area contributed by atoms with Crippen LogP contribution in [0.25, 0.3) is 33.2 Å². The van der Waals surface area contributed by atoms with Crippen molar-refractivity contribution < 1.29 is 4.74 Å². The summed E-state index contributed by atoms with van der Waals surface area (Å²) in [6, 6.07) is 14.6. The molecular formula is C24H27N3O. The summed E-state index contributed by atoms with van der Waals surface area (Å²) in [5.41, 5.74) is 13.8. The van der Waals surface area contributed by atoms with E-state index >= 15 is 0 Å². The zero-order valence-electron chi connectivity index (χ0n) is 16.8. The van der Waals surface area contributed by atoms with Crippen LogP contribution >= 0.6 is 0 Å². The third-order valence-corrected chi connectivity index (χ3v) is 5.65. The Labute approximate surface area is 165 Å². The minimum atomic E-state index is 0.720. The van der Waals surface area contributed by atoms with Gasteiger partial charge in [-0.15, -0.1) is 0 Å². The molecule has 4 aromatic rings. The van der Waals surface area contributed by atoms with E-state index in [4.69, 9.17) is 15.5 Å². The number of H-pyrrole nitrogens is 1. The summed E-state index contributed by atoms with van der Waals surface area (Å²) < 4.78 is 5.67. The lowest BCUT2D eigenvalue weighted by atomic mass is 9.99. The minimum absolute atomic E-state index is 0.720. The molecule has 0 saturated heterocycles. The molecule has 2 aromatic carbocycles. The molecule has 4 heteroatoms. The Morgan fingerprint density at radius 3 is 2.64 bits per heavy atom. The Hall–Kier alpha value is -2.85. The van der Waals surface area contributed by atoms with Crippen LogP contribution in [-0.2, 0) is 6.42 Å². The van der Waals surface area contributed by atoms with Gasteiger partial charge in [-0.2, -0.15) is 0 Å². The van der Waals surface area contributed by atoms with Crippen LogP contribution in [0.15, 0.2) is 42.5 Å². The summed E-state index contributed by atoms with van der Waals surface area (Å²) in [5, 5.41) is 2.31. The summed E-state index contributed by atoms with van der Waals surface area (Å²) in [4.78, 5) is 8.64. The average Bonchev–Trinajstić information content (AvgIpc) is 3.09. The van der Waals surface area contributed by atoms with E-state index < -0.39 is 0 Å². The SMILES string of the molecule is COc1cc(-c2[nH]c3c(C)c(C)ccc3c2CCCCN)nc2ccccc12. The molecule has 3 N–H and O–H groups in total. The lowest BCUT2D eigenvalue weighted by Gasteiger charge is -2.10. The zero-order valence-corrected chi connectivity index (χ0v) is 16.8. The normalized spacial score (nSPS) is 11.4. The molecule has 0 amide bonds. The number of fused-ring (bicyclic) bond motifs is 2. The number of benzene rings is 2. The second-order valence-corrected chi connectivity index (χ2v) is 7.38. The van der Waals surface area contributed by atoms with E-state index in [1.165, 1.54) is 27.6 Å². The molecule has 2 aromatic heterocycles. The van der Waals surface area contributed by atoms with Gasteiger partial charge in [-0.05, 0) is 68.5 Å². The fraction of sp³-hybridized carbons (Fsp3) is 0.292. The second kappa shape index (κ2) is 7.64. The van der Waals surface area contributed by atoms with Gasteiger partial charge in [0.25, 0.3) is 0 Å². The number of hydrogen-bond acceptors (Lipinski definition) is 3. The highest BCUT2D eigenvalue weighted by Gasteiger charge is 2.17. The van der Waals surface area contributed by atoms with E-state index in [-0.39, 0.29) is 0 Å². The van der Waals surface area contributed by atoms with Gasteiger partial charge in [-0.1, -0.05) is 24.3 Å². The Kier molecular flexibility index (Phi) is 5.05. The Morgan fingerprint density at radius 2 is 1.86 bits per heavy atom. The van der Waals surface area contributed by atoms with Crippen molar-refractivity contribution in [1.82, 2.24) is 9.97 Å². The lowest BCUT2D eigenvalue weighted by molar-refractivity contribution is 0.419. The number of nitrogens with zero attached hydrogens (tertiary/aromatic N) is 1. The van der Waals surface area contributed by atoms with Crippen molar-refractivity contribution >= 4 is 21.8 Å². The molecule has 0 bridgehead atoms. The molecule has 2 heterocycles. The van der Waals surface area contributed by atoms with Gasteiger partial charge in [0.05, 0.1) is 24.0 Å². The molecule has 0 unspecified atom stereocenters. The molecule has 144 valence electrons. The molecule has 0 aliphatic rings. The molecule has 0 aliphatic heterocycles. The molecule has 0 saturated carbocycles. The van der Waals surface area contributed by atoms with Crippen molar-refractivity contribution in [2.24, 2.45) is 5.73 Å². The van der Waals surface area contributed by atoms with Crippen molar-refractivity contribution in [3.05, 3.63) is 59.2 Å². The summed E-state index contributed by atoms with van der Waals surface area (Å²) >= 11 is 0. The van der Waals surface area contributed by atoms with Crippen molar-refractivity contribution in [3.8, 4) is 17.1 Å². The quantitative estimate of drug-likeness (QED) is 0.451. The number of ether oxygens (including phenoxy) is 1. The monoisotopic (exact) mass is 373 g/mol. The van der Waals surface area contributed by atoms with Crippen LogP contribution in [0.5, 0.6) is 5.75 Å². The van der Waals surface area contributed by atoms with Crippen LogP contribution in [0.4, 0.5) is 0 Å². The predicted molar refractivity (Wildman–Crippen MR) is 117 cm³/mol. The first-order chi connectivity index (χ1) is 13.6. The molecule has 0 aliphatic carbocycles. The summed E-state index contributed by atoms with van der Waals surface area (Å²) in [5.74, 6) is 0.847. The number of aromatic nitrogens is 2. The van der Waals surface area contributed by atoms with Crippen LogP contribution in [0.3, 0.4) is 0 Å². The number of rotatable bonds is 6. The topological polar surface area (TPSA) is 63.9 Å². The van der Waals surface area contributed by atoms with Gasteiger partial charge >= 0.3 is 0 Å². The number of nitrogens with one attached hydrogen (secondary N) is 1. The number of nitrogens with two attached hydrogens (primary N) is 1. The van der Waals surface area contributed by atoms with Gasteiger partial charge in [0, 0.05) is 22.4 Å². The van der Waals surface area contributed by atoms with Crippen molar-refractivity contribution in [1.29, 1.82) is 0 Å². The van der Waals surface area contributed by atoms with Crippen LogP contribution in [0, 0.1) is 13.8 Å².